The van der Waals surface area contributed by atoms with Crippen LogP contribution in [0.25, 0.3) is 0 Å². The maximum atomic E-state index is 9.92. The van der Waals surface area contributed by atoms with Crippen LogP contribution < -0.4 is 0 Å². The Bertz CT molecular complexity index is 158. The van der Waals surface area contributed by atoms with Gasteiger partial charge in [-0.05, 0) is 38.0 Å². The van der Waals surface area contributed by atoms with Crippen molar-refractivity contribution in [1.29, 1.82) is 0 Å². The van der Waals surface area contributed by atoms with Crippen LogP contribution in [0.5, 0.6) is 0 Å². The van der Waals surface area contributed by atoms with Crippen LogP contribution in [0.2, 0.25) is 0 Å². The molecule has 1 nitrogen and oxygen atoms in total. The van der Waals surface area contributed by atoms with Gasteiger partial charge in [0.2, 0.25) is 0 Å². The minimum absolute atomic E-state index is 0.391. The van der Waals surface area contributed by atoms with Gasteiger partial charge in [0.25, 0.3) is 0 Å². The molecule has 0 saturated heterocycles. The molecule has 1 fully saturated rings. The Labute approximate surface area is 61.8 Å². The predicted molar refractivity (Wildman–Crippen MR) is 40.7 cm³/mol. The van der Waals surface area contributed by atoms with Crippen molar-refractivity contribution >= 4 is 0 Å². The zero-order valence-electron chi connectivity index (χ0n) is 6.21. The molecule has 0 amide bonds. The van der Waals surface area contributed by atoms with Crippen LogP contribution in [0.15, 0.2) is 12.2 Å². The van der Waals surface area contributed by atoms with E-state index in [1.54, 1.807) is 0 Å². The quantitative estimate of drug-likeness (QED) is 0.548. The van der Waals surface area contributed by atoms with Crippen LogP contribution in [0.3, 0.4) is 0 Å². The highest BCUT2D eigenvalue weighted by Crippen LogP contribution is 2.44. The van der Waals surface area contributed by atoms with Crippen LogP contribution in [-0.4, -0.2) is 10.7 Å². The van der Waals surface area contributed by atoms with E-state index in [0.717, 1.165) is 12.8 Å². The summed E-state index contributed by atoms with van der Waals surface area (Å²) in [6, 6.07) is 0. The van der Waals surface area contributed by atoms with Crippen molar-refractivity contribution in [3.8, 4) is 0 Å². The minimum atomic E-state index is -0.391. The van der Waals surface area contributed by atoms with Gasteiger partial charge in [-0.15, -0.1) is 0 Å². The summed E-state index contributed by atoms with van der Waals surface area (Å²) in [5, 5.41) is 9.92. The van der Waals surface area contributed by atoms with Crippen molar-refractivity contribution in [3.63, 3.8) is 0 Å². The fourth-order valence-electron chi connectivity index (χ4n) is 1.80. The summed E-state index contributed by atoms with van der Waals surface area (Å²) < 4.78 is 0. The van der Waals surface area contributed by atoms with E-state index in [1.165, 1.54) is 19.3 Å². The highest BCUT2D eigenvalue weighted by atomic mass is 16.3. The molecule has 0 radical (unpaired) electrons. The third-order valence-electron chi connectivity index (χ3n) is 2.64. The van der Waals surface area contributed by atoms with Crippen LogP contribution in [0, 0.1) is 5.92 Å². The Morgan fingerprint density at radius 3 is 2.70 bits per heavy atom. The highest BCUT2D eigenvalue weighted by molar-refractivity contribution is 5.11. The monoisotopic (exact) mass is 138 g/mol. The SMILES string of the molecule is OC1(C2CC2)C=CCCC1. The zero-order chi connectivity index (χ0) is 7.03. The summed E-state index contributed by atoms with van der Waals surface area (Å²) in [7, 11) is 0. The predicted octanol–water partition coefficient (Wildman–Crippen LogP) is 1.87. The first-order valence-corrected chi connectivity index (χ1v) is 4.21. The fraction of sp³-hybridized carbons (Fsp3) is 0.778. The third kappa shape index (κ3) is 0.988. The smallest absolute Gasteiger partial charge is 0.0855 e. The van der Waals surface area contributed by atoms with Gasteiger partial charge in [0.15, 0.2) is 0 Å². The van der Waals surface area contributed by atoms with Crippen LogP contribution in [0.4, 0.5) is 0 Å². The van der Waals surface area contributed by atoms with Gasteiger partial charge in [0.05, 0.1) is 5.60 Å². The lowest BCUT2D eigenvalue weighted by Crippen LogP contribution is -2.30. The van der Waals surface area contributed by atoms with Gasteiger partial charge in [-0.3, -0.25) is 0 Å². The average molecular weight is 138 g/mol. The third-order valence-corrected chi connectivity index (χ3v) is 2.64. The molecule has 1 heteroatoms. The molecule has 2 aliphatic carbocycles. The van der Waals surface area contributed by atoms with E-state index < -0.39 is 5.60 Å². The molecule has 0 aromatic heterocycles. The van der Waals surface area contributed by atoms with Crippen molar-refractivity contribution in [2.75, 3.05) is 0 Å². The molecule has 1 unspecified atom stereocenters. The van der Waals surface area contributed by atoms with E-state index in [4.69, 9.17) is 0 Å². The summed E-state index contributed by atoms with van der Waals surface area (Å²) >= 11 is 0. The summed E-state index contributed by atoms with van der Waals surface area (Å²) in [5.74, 6) is 0.601. The van der Waals surface area contributed by atoms with Gasteiger partial charge < -0.3 is 5.11 Å². The maximum Gasteiger partial charge on any atom is 0.0855 e. The van der Waals surface area contributed by atoms with Crippen LogP contribution >= 0.6 is 0 Å². The van der Waals surface area contributed by atoms with Gasteiger partial charge in [-0.2, -0.15) is 0 Å². The van der Waals surface area contributed by atoms with Gasteiger partial charge in [0.1, 0.15) is 0 Å². The molecule has 1 saturated carbocycles. The first-order chi connectivity index (χ1) is 4.81. The molecule has 2 aliphatic rings. The van der Waals surface area contributed by atoms with Crippen molar-refractivity contribution in [1.82, 2.24) is 0 Å². The Morgan fingerprint density at radius 2 is 2.20 bits per heavy atom. The largest absolute Gasteiger partial charge is 0.386 e. The molecule has 2 rings (SSSR count). The minimum Gasteiger partial charge on any atom is -0.386 e. The lowest BCUT2D eigenvalue weighted by molar-refractivity contribution is 0.0520. The Hall–Kier alpha value is -0.300. The van der Waals surface area contributed by atoms with Crippen molar-refractivity contribution in [2.24, 2.45) is 5.92 Å². The Morgan fingerprint density at radius 1 is 1.40 bits per heavy atom. The number of allylic oxidation sites excluding steroid dienone is 1. The lowest BCUT2D eigenvalue weighted by atomic mass is 9.87. The number of aliphatic hydroxyl groups is 1. The average Bonchev–Trinajstić information content (AvgIpc) is 2.69. The van der Waals surface area contributed by atoms with Crippen molar-refractivity contribution in [3.05, 3.63) is 12.2 Å². The van der Waals surface area contributed by atoms with Crippen molar-refractivity contribution < 1.29 is 5.11 Å². The second-order valence-corrected chi connectivity index (χ2v) is 3.56. The molecular formula is C9H14O. The molecule has 0 spiro atoms. The summed E-state index contributed by atoms with van der Waals surface area (Å²) in [4.78, 5) is 0. The molecule has 1 atom stereocenters. The second kappa shape index (κ2) is 2.09. The number of rotatable bonds is 1. The topological polar surface area (TPSA) is 20.2 Å². The highest BCUT2D eigenvalue weighted by Gasteiger charge is 2.41. The van der Waals surface area contributed by atoms with E-state index in [-0.39, 0.29) is 0 Å². The Balaban J connectivity index is 2.10. The lowest BCUT2D eigenvalue weighted by Gasteiger charge is -2.27. The van der Waals surface area contributed by atoms with E-state index >= 15 is 0 Å². The molecule has 10 heavy (non-hydrogen) atoms. The molecule has 0 heterocycles. The summed E-state index contributed by atoms with van der Waals surface area (Å²) in [6.45, 7) is 0. The van der Waals surface area contributed by atoms with Gasteiger partial charge >= 0.3 is 0 Å². The van der Waals surface area contributed by atoms with Crippen LogP contribution in [0.1, 0.15) is 32.1 Å². The van der Waals surface area contributed by atoms with Crippen LogP contribution in [-0.2, 0) is 0 Å². The molecule has 0 aromatic rings. The maximum absolute atomic E-state index is 9.92. The summed E-state index contributed by atoms with van der Waals surface area (Å²) in [5.41, 5.74) is -0.391. The molecule has 0 aliphatic heterocycles. The van der Waals surface area contributed by atoms with Crippen molar-refractivity contribution in [2.45, 2.75) is 37.7 Å². The zero-order valence-corrected chi connectivity index (χ0v) is 6.21. The van der Waals surface area contributed by atoms with E-state index in [9.17, 15) is 5.11 Å². The summed E-state index contributed by atoms with van der Waals surface area (Å²) in [6.07, 6.45) is 9.95. The van der Waals surface area contributed by atoms with E-state index in [1.807, 2.05) is 6.08 Å². The van der Waals surface area contributed by atoms with E-state index in [2.05, 4.69) is 6.08 Å². The van der Waals surface area contributed by atoms with Gasteiger partial charge in [0, 0.05) is 0 Å². The normalized spacial score (nSPS) is 40.1. The number of hydrogen-bond acceptors (Lipinski definition) is 1. The van der Waals surface area contributed by atoms with Gasteiger partial charge in [-0.25, -0.2) is 0 Å². The molecule has 0 aromatic carbocycles. The fourth-order valence-corrected chi connectivity index (χ4v) is 1.80. The second-order valence-electron chi connectivity index (χ2n) is 3.56. The first-order valence-electron chi connectivity index (χ1n) is 4.21. The number of hydrogen-bond donors (Lipinski definition) is 1. The van der Waals surface area contributed by atoms with Gasteiger partial charge in [-0.1, -0.05) is 12.2 Å². The standard InChI is InChI=1S/C9H14O/c10-9(8-4-5-8)6-2-1-3-7-9/h2,6,8,10H,1,3-5,7H2. The molecule has 0 bridgehead atoms. The molecule has 1 N–H and O–H groups in total. The molecule has 56 valence electrons. The molecular weight excluding hydrogens is 124 g/mol. The Kier molecular flexibility index (Phi) is 1.34. The first kappa shape index (κ1) is 6.41. The van der Waals surface area contributed by atoms with E-state index in [0.29, 0.717) is 5.92 Å².